The van der Waals surface area contributed by atoms with Crippen molar-refractivity contribution in [1.29, 1.82) is 0 Å². The quantitative estimate of drug-likeness (QED) is 0.0525. The topological polar surface area (TPSA) is 55.4 Å². The minimum Gasteiger partial charge on any atom is -0.493 e. The first-order chi connectivity index (χ1) is 44.0. The Morgan fingerprint density at radius 2 is 0.380 bits per heavy atom. The van der Waals surface area contributed by atoms with Crippen molar-refractivity contribution in [1.82, 2.24) is 0 Å². The van der Waals surface area contributed by atoms with E-state index in [-0.39, 0.29) is 0 Å². The predicted molar refractivity (Wildman–Crippen MR) is 405 cm³/mol. The molecule has 3 aromatic carbocycles. The summed E-state index contributed by atoms with van der Waals surface area (Å²) < 4.78 is 41.2. The first kappa shape index (κ1) is 81.7. The lowest BCUT2D eigenvalue weighted by atomic mass is 9.97. The Morgan fingerprint density at radius 3 is 0.533 bits per heavy atom. The third-order valence-electron chi connectivity index (χ3n) is 18.8. The molecule has 522 valence electrons. The Kier molecular flexibility index (Phi) is 42.0. The van der Waals surface area contributed by atoms with Crippen molar-refractivity contribution in [3.8, 4) is 34.5 Å². The number of hydrogen-bond donors (Lipinski definition) is 0. The first-order valence-electron chi connectivity index (χ1n) is 37.9. The smallest absolute Gasteiger partial charge is 0.127 e. The van der Waals surface area contributed by atoms with Gasteiger partial charge in [0.1, 0.15) is 34.5 Å². The molecule has 0 fully saturated rings. The van der Waals surface area contributed by atoms with Gasteiger partial charge in [0, 0.05) is 33.4 Å². The van der Waals surface area contributed by atoms with Crippen LogP contribution in [0.25, 0.3) is 36.5 Å². The van der Waals surface area contributed by atoms with Crippen molar-refractivity contribution in [2.24, 2.45) is 71.0 Å². The van der Waals surface area contributed by atoms with Crippen LogP contribution in [0.3, 0.4) is 0 Å². The molecule has 0 spiro atoms. The van der Waals surface area contributed by atoms with Crippen molar-refractivity contribution in [2.75, 3.05) is 39.6 Å². The average Bonchev–Trinajstić information content (AvgIpc) is 0.866. The number of benzene rings is 3. The van der Waals surface area contributed by atoms with Gasteiger partial charge in [-0.05, 0) is 146 Å². The lowest BCUT2D eigenvalue weighted by Crippen LogP contribution is -2.08. The lowest BCUT2D eigenvalue weighted by molar-refractivity contribution is 0.268. The Balaban J connectivity index is 2.29. The van der Waals surface area contributed by atoms with Gasteiger partial charge < -0.3 is 28.4 Å². The van der Waals surface area contributed by atoms with Crippen LogP contribution in [-0.2, 0) is 0 Å². The Hall–Kier alpha value is -4.58. The summed E-state index contributed by atoms with van der Waals surface area (Å²) >= 11 is 0. The summed E-state index contributed by atoms with van der Waals surface area (Å²) in [5.74, 6) is 12.7. The van der Waals surface area contributed by atoms with E-state index >= 15 is 0 Å². The summed E-state index contributed by atoms with van der Waals surface area (Å²) in [5, 5.41) is 0. The molecule has 6 atom stereocenters. The van der Waals surface area contributed by atoms with E-state index in [0.29, 0.717) is 87.0 Å². The maximum absolute atomic E-state index is 7.05. The van der Waals surface area contributed by atoms with Crippen molar-refractivity contribution in [3.63, 3.8) is 0 Å². The summed E-state index contributed by atoms with van der Waals surface area (Å²) in [6, 6.07) is 13.0. The Bertz CT molecular complexity index is 2320. The van der Waals surface area contributed by atoms with Gasteiger partial charge in [0.05, 0.1) is 39.6 Å². The lowest BCUT2D eigenvalue weighted by Gasteiger charge is -2.19. The molecule has 0 aromatic heterocycles. The van der Waals surface area contributed by atoms with Crippen LogP contribution in [-0.4, -0.2) is 39.6 Å². The van der Waals surface area contributed by atoms with Crippen LogP contribution >= 0.6 is 0 Å². The fourth-order valence-electron chi connectivity index (χ4n) is 12.1. The molecule has 0 N–H and O–H groups in total. The zero-order chi connectivity index (χ0) is 67.8. The molecule has 0 aliphatic carbocycles. The van der Waals surface area contributed by atoms with E-state index in [0.717, 1.165) is 130 Å². The summed E-state index contributed by atoms with van der Waals surface area (Å²) in [6.07, 6.45) is 40.9. The van der Waals surface area contributed by atoms with Crippen LogP contribution in [0.4, 0.5) is 0 Å². The zero-order valence-electron chi connectivity index (χ0n) is 62.9. The minimum atomic E-state index is 0.546. The highest BCUT2D eigenvalue weighted by atomic mass is 16.5. The highest BCUT2D eigenvalue weighted by Crippen LogP contribution is 2.38. The van der Waals surface area contributed by atoms with Gasteiger partial charge >= 0.3 is 0 Å². The van der Waals surface area contributed by atoms with Gasteiger partial charge in [0.15, 0.2) is 0 Å². The van der Waals surface area contributed by atoms with Gasteiger partial charge in [-0.3, -0.25) is 0 Å². The van der Waals surface area contributed by atoms with Gasteiger partial charge in [0.2, 0.25) is 0 Å². The fraction of sp³-hybridized carbons (Fsp3) is 0.698. The van der Waals surface area contributed by atoms with Crippen LogP contribution in [0.1, 0.15) is 312 Å². The second-order valence-corrected chi connectivity index (χ2v) is 31.3. The van der Waals surface area contributed by atoms with E-state index in [9.17, 15) is 0 Å². The average molecular weight is 1270 g/mol. The van der Waals surface area contributed by atoms with Crippen molar-refractivity contribution in [3.05, 3.63) is 82.9 Å². The molecule has 6 heteroatoms. The standard InChI is InChI=1S/C86H142O6/c1-21-75-57-83(89-53-47-71(17)37-25-31-65(7)8)77(59-81(75)87-51-45-69(15)35-23-29-63(3)4)41-43-79-61-86(92-56-50-74(20)40-28-34-68(13)14)80(62-85(79)91-55-49-73(19)39-27-33-67(11)12)44-42-78-60-82(88-52-46-70(16)36-24-30-64(5)6)76(22-2)58-84(78)90-54-48-72(18)38-26-32-66(9)10/h21-22,41-44,57-74H,1-2,23-40,45-56H2,3-20H3/b43-41+,44-42+. The number of ether oxygens (including phenoxy) is 6. The number of rotatable bonds is 54. The van der Waals surface area contributed by atoms with Gasteiger partial charge in [-0.15, -0.1) is 0 Å². The predicted octanol–water partition coefficient (Wildman–Crippen LogP) is 26.7. The molecule has 3 rings (SSSR count). The molecule has 0 aliphatic heterocycles. The normalized spacial score (nSPS) is 14.1. The molecule has 0 heterocycles. The third kappa shape index (κ3) is 36.3. The first-order valence-corrected chi connectivity index (χ1v) is 37.9. The van der Waals surface area contributed by atoms with Gasteiger partial charge in [-0.1, -0.05) is 290 Å². The van der Waals surface area contributed by atoms with Crippen LogP contribution in [0.5, 0.6) is 34.5 Å². The van der Waals surface area contributed by atoms with Gasteiger partial charge in [-0.25, -0.2) is 0 Å². The summed E-state index contributed by atoms with van der Waals surface area (Å²) in [6.45, 7) is 54.4. The second-order valence-electron chi connectivity index (χ2n) is 31.3. The van der Waals surface area contributed by atoms with Crippen LogP contribution < -0.4 is 28.4 Å². The largest absolute Gasteiger partial charge is 0.493 e. The van der Waals surface area contributed by atoms with Crippen LogP contribution in [0.2, 0.25) is 0 Å². The molecule has 0 radical (unpaired) electrons. The SMILES string of the molecule is C=Cc1cc(OCCC(C)CCCC(C)C)c(/C=C/c2cc(OCCC(C)CCCC(C)C)c(/C=C/c3cc(OCCC(C)CCCC(C)C)c(C=C)cc3OCCC(C)CCCC(C)C)cc2OCCC(C)CCCC(C)C)cc1OCCC(C)CCCC(C)C. The van der Waals surface area contributed by atoms with Crippen molar-refractivity contribution in [2.45, 2.75) is 279 Å². The number of hydrogen-bond acceptors (Lipinski definition) is 6. The van der Waals surface area contributed by atoms with E-state index in [1.165, 1.54) is 116 Å². The van der Waals surface area contributed by atoms with E-state index in [1.807, 2.05) is 12.2 Å². The van der Waals surface area contributed by atoms with E-state index in [1.54, 1.807) is 0 Å². The molecule has 6 unspecified atom stereocenters. The monoisotopic (exact) mass is 1270 g/mol. The second kappa shape index (κ2) is 47.3. The van der Waals surface area contributed by atoms with E-state index < -0.39 is 0 Å². The Labute approximate surface area is 568 Å². The van der Waals surface area contributed by atoms with Crippen LogP contribution in [0.15, 0.2) is 49.6 Å². The maximum Gasteiger partial charge on any atom is 0.127 e. The molecular formula is C86H142O6. The molecule has 0 saturated carbocycles. The molecule has 6 nitrogen and oxygen atoms in total. The molecule has 0 aliphatic rings. The molecule has 3 aromatic rings. The molecular weight excluding hydrogens is 1130 g/mol. The molecule has 0 saturated heterocycles. The molecule has 0 bridgehead atoms. The highest BCUT2D eigenvalue weighted by molar-refractivity contribution is 5.82. The van der Waals surface area contributed by atoms with E-state index in [4.69, 9.17) is 28.4 Å². The Morgan fingerprint density at radius 1 is 0.228 bits per heavy atom. The van der Waals surface area contributed by atoms with E-state index in [2.05, 4.69) is 198 Å². The van der Waals surface area contributed by atoms with Gasteiger partial charge in [0.25, 0.3) is 0 Å². The highest BCUT2D eigenvalue weighted by Gasteiger charge is 2.18. The summed E-state index contributed by atoms with van der Waals surface area (Å²) in [5.41, 5.74) is 5.75. The fourth-order valence-corrected chi connectivity index (χ4v) is 12.1. The summed E-state index contributed by atoms with van der Waals surface area (Å²) in [4.78, 5) is 0. The minimum absolute atomic E-state index is 0.546. The van der Waals surface area contributed by atoms with Crippen molar-refractivity contribution >= 4 is 36.5 Å². The summed E-state index contributed by atoms with van der Waals surface area (Å²) in [7, 11) is 0. The molecule has 92 heavy (non-hydrogen) atoms. The van der Waals surface area contributed by atoms with Crippen LogP contribution in [0, 0.1) is 71.0 Å². The third-order valence-corrected chi connectivity index (χ3v) is 18.8. The van der Waals surface area contributed by atoms with Gasteiger partial charge in [-0.2, -0.15) is 0 Å². The molecule has 0 amide bonds. The van der Waals surface area contributed by atoms with Crippen molar-refractivity contribution < 1.29 is 28.4 Å². The zero-order valence-corrected chi connectivity index (χ0v) is 62.9. The maximum atomic E-state index is 7.05.